The van der Waals surface area contributed by atoms with Gasteiger partial charge in [-0.1, -0.05) is 63.4 Å². The molecule has 0 bridgehead atoms. The van der Waals surface area contributed by atoms with Gasteiger partial charge in [-0.25, -0.2) is 0 Å². The highest BCUT2D eigenvalue weighted by Gasteiger charge is 2.34. The van der Waals surface area contributed by atoms with Gasteiger partial charge < -0.3 is 20.1 Å². The van der Waals surface area contributed by atoms with Crippen molar-refractivity contribution in [3.05, 3.63) is 78.2 Å². The molecule has 2 aromatic heterocycles. The maximum atomic E-state index is 14.1. The van der Waals surface area contributed by atoms with Gasteiger partial charge in [0, 0.05) is 37.2 Å². The van der Waals surface area contributed by atoms with Crippen molar-refractivity contribution in [1.82, 2.24) is 25.1 Å². The van der Waals surface area contributed by atoms with Crippen LogP contribution < -0.4 is 5.32 Å². The summed E-state index contributed by atoms with van der Waals surface area (Å²) in [5.41, 5.74) is 3.13. The lowest BCUT2D eigenvalue weighted by Crippen LogP contribution is -2.49. The minimum absolute atomic E-state index is 0.124. The van der Waals surface area contributed by atoms with Gasteiger partial charge in [0.05, 0.1) is 0 Å². The van der Waals surface area contributed by atoms with Crippen LogP contribution in [0.1, 0.15) is 68.0 Å². The van der Waals surface area contributed by atoms with Crippen molar-refractivity contribution in [1.29, 1.82) is 0 Å². The van der Waals surface area contributed by atoms with Crippen LogP contribution in [-0.2, 0) is 4.79 Å². The third kappa shape index (κ3) is 6.86. The first kappa shape index (κ1) is 26.6. The smallest absolute Gasteiger partial charge is 0.271 e. The maximum Gasteiger partial charge on any atom is 0.271 e. The number of amides is 2. The topological polar surface area (TPSA) is 81.3 Å². The molecular weight excluding hydrogens is 462 g/mol. The molecule has 0 spiro atoms. The van der Waals surface area contributed by atoms with Crippen molar-refractivity contribution < 1.29 is 9.59 Å². The zero-order chi connectivity index (χ0) is 26.0. The Morgan fingerprint density at radius 2 is 1.65 bits per heavy atom. The van der Waals surface area contributed by atoms with E-state index in [1.165, 1.54) is 6.42 Å². The number of hydrogen-bond acceptors (Lipinski definition) is 4. The van der Waals surface area contributed by atoms with E-state index in [0.717, 1.165) is 55.6 Å². The van der Waals surface area contributed by atoms with E-state index in [9.17, 15) is 9.59 Å². The van der Waals surface area contributed by atoms with Crippen LogP contribution in [0.2, 0.25) is 0 Å². The van der Waals surface area contributed by atoms with E-state index in [1.807, 2.05) is 54.6 Å². The second-order valence-corrected chi connectivity index (χ2v) is 9.70. The molecular formula is C30H39N5O2. The quantitative estimate of drug-likeness (QED) is 0.385. The Kier molecular flexibility index (Phi) is 9.49. The van der Waals surface area contributed by atoms with Crippen LogP contribution >= 0.6 is 0 Å². The summed E-state index contributed by atoms with van der Waals surface area (Å²) in [5.74, 6) is -0.309. The van der Waals surface area contributed by atoms with Crippen LogP contribution in [0.25, 0.3) is 11.3 Å². The lowest BCUT2D eigenvalue weighted by molar-refractivity contribution is -0.127. The molecule has 7 heteroatoms. The molecule has 1 atom stereocenters. The largest absolute Gasteiger partial charge is 0.351 e. The SMILES string of the molecule is CCN(CC)CCN(C(=O)c1ccc(-c2ccccc2)[nH]1)[C@@H](C(=O)NC1CCCCC1)c1ccncc1. The Hall–Kier alpha value is -3.45. The monoisotopic (exact) mass is 501 g/mol. The standard InChI is InChI=1S/C30H39N5O2/c1-3-34(4-2)21-22-35(30(37)27-16-15-26(33-27)23-11-7-5-8-12-23)28(24-17-19-31-20-18-24)29(36)32-25-13-9-6-10-14-25/h5,7-8,11-12,15-20,25,28,33H,3-4,6,9-10,13-14,21-22H2,1-2H3,(H,32,36)/t28-/m1/s1. The number of nitrogens with zero attached hydrogens (tertiary/aromatic N) is 3. The van der Waals surface area contributed by atoms with Gasteiger partial charge in [0.1, 0.15) is 11.7 Å². The molecule has 0 aliphatic heterocycles. The molecule has 0 unspecified atom stereocenters. The Morgan fingerprint density at radius 1 is 0.946 bits per heavy atom. The van der Waals surface area contributed by atoms with Gasteiger partial charge in [0.25, 0.3) is 5.91 Å². The average molecular weight is 502 g/mol. The minimum atomic E-state index is -0.739. The first-order valence-corrected chi connectivity index (χ1v) is 13.6. The third-order valence-electron chi connectivity index (χ3n) is 7.35. The number of nitrogens with one attached hydrogen (secondary N) is 2. The summed E-state index contributed by atoms with van der Waals surface area (Å²) in [6, 6.07) is 16.8. The van der Waals surface area contributed by atoms with Crippen molar-refractivity contribution in [2.45, 2.75) is 58.0 Å². The van der Waals surface area contributed by atoms with Crippen LogP contribution in [0, 0.1) is 0 Å². The molecule has 1 aromatic carbocycles. The molecule has 37 heavy (non-hydrogen) atoms. The highest BCUT2D eigenvalue weighted by Crippen LogP contribution is 2.26. The molecule has 1 fully saturated rings. The van der Waals surface area contributed by atoms with Crippen LogP contribution in [0.15, 0.2) is 67.0 Å². The zero-order valence-electron chi connectivity index (χ0n) is 22.0. The van der Waals surface area contributed by atoms with E-state index in [0.29, 0.717) is 18.8 Å². The number of rotatable bonds is 11. The van der Waals surface area contributed by atoms with E-state index in [-0.39, 0.29) is 17.9 Å². The third-order valence-corrected chi connectivity index (χ3v) is 7.35. The summed E-state index contributed by atoms with van der Waals surface area (Å²) >= 11 is 0. The second kappa shape index (κ2) is 13.2. The number of aromatic amines is 1. The number of benzene rings is 1. The van der Waals surface area contributed by atoms with Gasteiger partial charge in [-0.3, -0.25) is 14.6 Å². The predicted octanol–water partition coefficient (Wildman–Crippen LogP) is 5.05. The van der Waals surface area contributed by atoms with E-state index < -0.39 is 6.04 Å². The molecule has 2 heterocycles. The highest BCUT2D eigenvalue weighted by atomic mass is 16.2. The summed E-state index contributed by atoms with van der Waals surface area (Å²) < 4.78 is 0. The Morgan fingerprint density at radius 3 is 2.32 bits per heavy atom. The molecule has 2 N–H and O–H groups in total. The van der Waals surface area contributed by atoms with Gasteiger partial charge in [0.15, 0.2) is 0 Å². The number of likely N-dealkylation sites (N-methyl/N-ethyl adjacent to an activating group) is 1. The van der Waals surface area contributed by atoms with Crippen LogP contribution in [-0.4, -0.2) is 63.8 Å². The lowest BCUT2D eigenvalue weighted by atomic mass is 9.94. The fraction of sp³-hybridized carbons (Fsp3) is 0.433. The summed E-state index contributed by atoms with van der Waals surface area (Å²) in [5, 5.41) is 3.27. The molecule has 2 amide bonds. The number of aromatic nitrogens is 2. The summed E-state index contributed by atoms with van der Waals surface area (Å²) in [6.45, 7) is 7.11. The Balaban J connectivity index is 1.66. The molecule has 1 aliphatic rings. The highest BCUT2D eigenvalue weighted by molar-refractivity contribution is 5.97. The first-order chi connectivity index (χ1) is 18.1. The number of H-pyrrole nitrogens is 1. The molecule has 3 aromatic rings. The van der Waals surface area contributed by atoms with Gasteiger partial charge >= 0.3 is 0 Å². The molecule has 1 saturated carbocycles. The van der Waals surface area contributed by atoms with E-state index >= 15 is 0 Å². The average Bonchev–Trinajstić information content (AvgIpc) is 3.44. The predicted molar refractivity (Wildman–Crippen MR) is 147 cm³/mol. The molecule has 4 rings (SSSR count). The molecule has 0 saturated heterocycles. The summed E-state index contributed by atoms with van der Waals surface area (Å²) in [7, 11) is 0. The van der Waals surface area contributed by atoms with E-state index in [2.05, 4.69) is 34.0 Å². The minimum Gasteiger partial charge on any atom is -0.351 e. The van der Waals surface area contributed by atoms with E-state index in [4.69, 9.17) is 0 Å². The number of carbonyl (C=O) groups excluding carboxylic acids is 2. The van der Waals surface area contributed by atoms with Crippen molar-refractivity contribution in [3.63, 3.8) is 0 Å². The molecule has 196 valence electrons. The number of carbonyl (C=O) groups is 2. The molecule has 1 aliphatic carbocycles. The Labute approximate surface area is 220 Å². The van der Waals surface area contributed by atoms with Gasteiger partial charge in [-0.15, -0.1) is 0 Å². The van der Waals surface area contributed by atoms with Crippen LogP contribution in [0.4, 0.5) is 0 Å². The van der Waals surface area contributed by atoms with Crippen molar-refractivity contribution in [2.75, 3.05) is 26.2 Å². The van der Waals surface area contributed by atoms with Crippen molar-refractivity contribution >= 4 is 11.8 Å². The zero-order valence-corrected chi connectivity index (χ0v) is 22.0. The lowest BCUT2D eigenvalue weighted by Gasteiger charge is -2.34. The van der Waals surface area contributed by atoms with Gasteiger partial charge in [-0.2, -0.15) is 0 Å². The van der Waals surface area contributed by atoms with Crippen molar-refractivity contribution in [2.24, 2.45) is 0 Å². The maximum absolute atomic E-state index is 14.1. The molecule has 7 nitrogen and oxygen atoms in total. The van der Waals surface area contributed by atoms with Gasteiger partial charge in [0.2, 0.25) is 5.91 Å². The Bertz CT molecular complexity index is 1120. The fourth-order valence-corrected chi connectivity index (χ4v) is 5.14. The van der Waals surface area contributed by atoms with Crippen LogP contribution in [0.3, 0.4) is 0 Å². The van der Waals surface area contributed by atoms with Crippen molar-refractivity contribution in [3.8, 4) is 11.3 Å². The van der Waals surface area contributed by atoms with Gasteiger partial charge in [-0.05, 0) is 61.3 Å². The first-order valence-electron chi connectivity index (χ1n) is 13.6. The second-order valence-electron chi connectivity index (χ2n) is 9.70. The molecule has 0 radical (unpaired) electrons. The summed E-state index contributed by atoms with van der Waals surface area (Å²) in [4.78, 5) is 39.4. The van der Waals surface area contributed by atoms with Crippen LogP contribution in [0.5, 0.6) is 0 Å². The summed E-state index contributed by atoms with van der Waals surface area (Å²) in [6.07, 6.45) is 8.81. The fourth-order valence-electron chi connectivity index (χ4n) is 5.14. The number of hydrogen-bond donors (Lipinski definition) is 2. The van der Waals surface area contributed by atoms with E-state index in [1.54, 1.807) is 17.3 Å². The number of pyridine rings is 1. The normalized spacial score (nSPS) is 14.9.